The largest absolute Gasteiger partial charge is 0.348 e. The van der Waals surface area contributed by atoms with Gasteiger partial charge in [0.05, 0.1) is 6.04 Å². The molecule has 2 aliphatic rings. The van der Waals surface area contributed by atoms with Gasteiger partial charge in [0.1, 0.15) is 0 Å². The summed E-state index contributed by atoms with van der Waals surface area (Å²) in [6.45, 7) is 2.23. The molecule has 23 heavy (non-hydrogen) atoms. The monoisotopic (exact) mass is 331 g/mol. The molecule has 0 bridgehead atoms. The van der Waals surface area contributed by atoms with Gasteiger partial charge in [-0.25, -0.2) is 4.98 Å². The molecule has 1 aliphatic heterocycles. The number of aromatic nitrogens is 3. The van der Waals surface area contributed by atoms with Crippen molar-refractivity contribution < 1.29 is 0 Å². The van der Waals surface area contributed by atoms with Gasteiger partial charge in [-0.05, 0) is 31.7 Å². The molecule has 2 aromatic heterocycles. The van der Waals surface area contributed by atoms with Gasteiger partial charge in [0, 0.05) is 49.1 Å². The van der Waals surface area contributed by atoms with Crippen LogP contribution in [0.4, 0.5) is 5.13 Å². The smallest absolute Gasteiger partial charge is 0.185 e. The minimum Gasteiger partial charge on any atom is -0.348 e. The Balaban J connectivity index is 1.34. The van der Waals surface area contributed by atoms with Crippen LogP contribution in [0.3, 0.4) is 0 Å². The van der Waals surface area contributed by atoms with E-state index in [1.54, 1.807) is 11.3 Å². The van der Waals surface area contributed by atoms with Crippen LogP contribution in [0.5, 0.6) is 0 Å². The Morgan fingerprint density at radius 3 is 2.70 bits per heavy atom. The third-order valence-corrected chi connectivity index (χ3v) is 6.06. The highest BCUT2D eigenvalue weighted by Gasteiger charge is 2.30. The predicted molar refractivity (Wildman–Crippen MR) is 94.0 cm³/mol. The van der Waals surface area contributed by atoms with Crippen LogP contribution >= 0.6 is 11.3 Å². The number of nitrogens with zero attached hydrogens (tertiary/aromatic N) is 4. The quantitative estimate of drug-likeness (QED) is 0.935. The fourth-order valence-electron chi connectivity index (χ4n) is 4.01. The first-order valence-electron chi connectivity index (χ1n) is 8.80. The number of anilines is 1. The second kappa shape index (κ2) is 7.01. The number of hydrogen-bond acceptors (Lipinski definition) is 5. The van der Waals surface area contributed by atoms with Crippen molar-refractivity contribution in [1.29, 1.82) is 0 Å². The van der Waals surface area contributed by atoms with Crippen molar-refractivity contribution >= 4 is 16.5 Å². The fraction of sp³-hybridized carbons (Fsp3) is 0.647. The first kappa shape index (κ1) is 15.1. The van der Waals surface area contributed by atoms with Gasteiger partial charge in [0.2, 0.25) is 0 Å². The Hall–Kier alpha value is -1.40. The molecule has 0 radical (unpaired) electrons. The second-order valence-electron chi connectivity index (χ2n) is 6.69. The van der Waals surface area contributed by atoms with E-state index in [1.165, 1.54) is 43.7 Å². The maximum atomic E-state index is 4.49. The molecule has 1 N–H and O–H groups in total. The van der Waals surface area contributed by atoms with Crippen molar-refractivity contribution in [3.63, 3.8) is 0 Å². The average molecular weight is 331 g/mol. The summed E-state index contributed by atoms with van der Waals surface area (Å²) in [6.07, 6.45) is 13.5. The number of piperidine rings is 1. The van der Waals surface area contributed by atoms with Gasteiger partial charge < -0.3 is 10.2 Å². The van der Waals surface area contributed by atoms with Crippen molar-refractivity contribution in [3.8, 4) is 0 Å². The van der Waals surface area contributed by atoms with E-state index in [-0.39, 0.29) is 0 Å². The number of thiazole rings is 1. The van der Waals surface area contributed by atoms with Gasteiger partial charge >= 0.3 is 0 Å². The Morgan fingerprint density at radius 1 is 1.09 bits per heavy atom. The predicted octanol–water partition coefficient (Wildman–Crippen LogP) is 3.08. The number of nitrogens with one attached hydrogen (secondary N) is 1. The van der Waals surface area contributed by atoms with Crippen LogP contribution in [0, 0.1) is 0 Å². The topological polar surface area (TPSA) is 46.0 Å². The lowest BCUT2D eigenvalue weighted by Crippen LogP contribution is -2.49. The minimum atomic E-state index is 0.524. The normalized spacial score (nSPS) is 26.5. The molecular formula is C17H25N5S. The zero-order chi connectivity index (χ0) is 15.5. The van der Waals surface area contributed by atoms with E-state index in [1.807, 2.05) is 18.5 Å². The maximum Gasteiger partial charge on any atom is 0.185 e. The first-order valence-corrected chi connectivity index (χ1v) is 9.68. The minimum absolute atomic E-state index is 0.524. The van der Waals surface area contributed by atoms with Crippen LogP contribution in [-0.2, 0) is 0 Å². The SMILES string of the molecule is c1cnn([C@H]2CCCC[C@H]2NC2CCN(c3nccs3)CC2)c1. The molecule has 1 saturated carbocycles. The molecule has 2 atom stereocenters. The Kier molecular flexibility index (Phi) is 4.62. The third kappa shape index (κ3) is 3.43. The highest BCUT2D eigenvalue weighted by Crippen LogP contribution is 2.30. The molecule has 2 fully saturated rings. The Bertz CT molecular complexity index is 574. The van der Waals surface area contributed by atoms with Crippen molar-refractivity contribution in [2.45, 2.75) is 56.7 Å². The molecule has 1 saturated heterocycles. The fourth-order valence-corrected chi connectivity index (χ4v) is 4.71. The average Bonchev–Trinajstić information content (AvgIpc) is 3.30. The Labute approximate surface area is 141 Å². The van der Waals surface area contributed by atoms with Crippen molar-refractivity contribution in [2.75, 3.05) is 18.0 Å². The number of hydrogen-bond donors (Lipinski definition) is 1. The van der Waals surface area contributed by atoms with Gasteiger partial charge in [-0.2, -0.15) is 5.10 Å². The van der Waals surface area contributed by atoms with Crippen LogP contribution in [-0.4, -0.2) is 39.9 Å². The van der Waals surface area contributed by atoms with Gasteiger partial charge in [-0.1, -0.05) is 12.8 Å². The molecule has 6 heteroatoms. The molecule has 4 rings (SSSR count). The lowest BCUT2D eigenvalue weighted by Gasteiger charge is -2.38. The van der Waals surface area contributed by atoms with E-state index in [9.17, 15) is 0 Å². The van der Waals surface area contributed by atoms with E-state index in [2.05, 4.69) is 36.6 Å². The lowest BCUT2D eigenvalue weighted by molar-refractivity contribution is 0.219. The summed E-state index contributed by atoms with van der Waals surface area (Å²) in [5.74, 6) is 0. The molecule has 3 heterocycles. The summed E-state index contributed by atoms with van der Waals surface area (Å²) in [7, 11) is 0. The molecule has 5 nitrogen and oxygen atoms in total. The molecular weight excluding hydrogens is 306 g/mol. The Morgan fingerprint density at radius 2 is 1.96 bits per heavy atom. The summed E-state index contributed by atoms with van der Waals surface area (Å²) in [5.41, 5.74) is 0. The molecule has 0 aromatic carbocycles. The van der Waals surface area contributed by atoms with Crippen LogP contribution in [0.2, 0.25) is 0 Å². The summed E-state index contributed by atoms with van der Waals surface area (Å²) >= 11 is 1.75. The van der Waals surface area contributed by atoms with Crippen LogP contribution in [0.15, 0.2) is 30.0 Å². The molecule has 0 amide bonds. The lowest BCUT2D eigenvalue weighted by atomic mass is 9.89. The van der Waals surface area contributed by atoms with Crippen LogP contribution in [0.1, 0.15) is 44.6 Å². The molecule has 2 aromatic rings. The van der Waals surface area contributed by atoms with Crippen molar-refractivity contribution in [1.82, 2.24) is 20.1 Å². The second-order valence-corrected chi connectivity index (χ2v) is 7.56. The standard InChI is InChI=1S/C17H25N5S/c1-2-5-16(22-10-3-8-19-22)15(4-1)20-14-6-11-21(12-7-14)17-18-9-13-23-17/h3,8-10,13-16,20H,1-2,4-7,11-12H2/t15-,16+/m1/s1. The van der Waals surface area contributed by atoms with E-state index < -0.39 is 0 Å². The number of rotatable bonds is 4. The summed E-state index contributed by atoms with van der Waals surface area (Å²) in [5, 5.41) is 11.7. The molecule has 0 spiro atoms. The summed E-state index contributed by atoms with van der Waals surface area (Å²) < 4.78 is 2.17. The molecule has 0 unspecified atom stereocenters. The van der Waals surface area contributed by atoms with E-state index >= 15 is 0 Å². The van der Waals surface area contributed by atoms with Crippen LogP contribution in [0.25, 0.3) is 0 Å². The van der Waals surface area contributed by atoms with Crippen molar-refractivity contribution in [3.05, 3.63) is 30.0 Å². The zero-order valence-electron chi connectivity index (χ0n) is 13.5. The first-order chi connectivity index (χ1) is 11.4. The zero-order valence-corrected chi connectivity index (χ0v) is 14.3. The molecule has 1 aliphatic carbocycles. The third-order valence-electron chi connectivity index (χ3n) is 5.23. The van der Waals surface area contributed by atoms with E-state index in [0.29, 0.717) is 18.1 Å². The van der Waals surface area contributed by atoms with Gasteiger partial charge in [0.15, 0.2) is 5.13 Å². The van der Waals surface area contributed by atoms with Crippen molar-refractivity contribution in [2.24, 2.45) is 0 Å². The highest BCUT2D eigenvalue weighted by atomic mass is 32.1. The highest BCUT2D eigenvalue weighted by molar-refractivity contribution is 7.13. The van der Waals surface area contributed by atoms with E-state index in [0.717, 1.165) is 13.1 Å². The summed E-state index contributed by atoms with van der Waals surface area (Å²) in [6, 6.07) is 3.77. The van der Waals surface area contributed by atoms with Gasteiger partial charge in [0.25, 0.3) is 0 Å². The van der Waals surface area contributed by atoms with Gasteiger partial charge in [-0.15, -0.1) is 11.3 Å². The molecule has 124 valence electrons. The maximum absolute atomic E-state index is 4.49. The summed E-state index contributed by atoms with van der Waals surface area (Å²) in [4.78, 5) is 6.86. The van der Waals surface area contributed by atoms with E-state index in [4.69, 9.17) is 0 Å². The van der Waals surface area contributed by atoms with Crippen LogP contribution < -0.4 is 10.2 Å². The van der Waals surface area contributed by atoms with Gasteiger partial charge in [-0.3, -0.25) is 4.68 Å².